The number of unbranched alkanes of at least 4 members (excludes halogenated alkanes) is 28. The van der Waals surface area contributed by atoms with E-state index in [4.69, 9.17) is 4.74 Å². The second kappa shape index (κ2) is 47.9. The van der Waals surface area contributed by atoms with E-state index in [0.717, 1.165) is 64.2 Å². The number of carbonyl (C=O) groups excluding carboxylic acids is 2. The van der Waals surface area contributed by atoms with Gasteiger partial charge in [-0.25, -0.2) is 0 Å². The number of ether oxygens (including phenoxy) is 1. The number of aliphatic hydroxyl groups excluding tert-OH is 2. The van der Waals surface area contributed by atoms with Crippen LogP contribution in [0.4, 0.5) is 0 Å². The lowest BCUT2D eigenvalue weighted by atomic mass is 10.0. The Balaban J connectivity index is 4.59. The molecule has 6 nitrogen and oxygen atoms in total. The fourth-order valence-corrected chi connectivity index (χ4v) is 7.66. The van der Waals surface area contributed by atoms with Crippen molar-refractivity contribution >= 4 is 11.9 Å². The van der Waals surface area contributed by atoms with E-state index in [1.54, 1.807) is 0 Å². The van der Waals surface area contributed by atoms with E-state index in [9.17, 15) is 19.8 Å². The van der Waals surface area contributed by atoms with Gasteiger partial charge in [0.2, 0.25) is 5.91 Å². The number of hydrogen-bond donors (Lipinski definition) is 3. The minimum Gasteiger partial charge on any atom is -0.458 e. The highest BCUT2D eigenvalue weighted by atomic mass is 16.5. The van der Waals surface area contributed by atoms with Gasteiger partial charge in [-0.2, -0.15) is 0 Å². The third-order valence-corrected chi connectivity index (χ3v) is 11.6. The molecule has 0 aromatic heterocycles. The van der Waals surface area contributed by atoms with Gasteiger partial charge in [-0.3, -0.25) is 9.59 Å². The maximum atomic E-state index is 13.1. The maximum absolute atomic E-state index is 13.1. The van der Waals surface area contributed by atoms with Gasteiger partial charge in [0.1, 0.15) is 6.10 Å². The van der Waals surface area contributed by atoms with Crippen molar-refractivity contribution in [3.05, 3.63) is 48.6 Å². The molecule has 3 atom stereocenters. The number of amides is 1. The van der Waals surface area contributed by atoms with Crippen LogP contribution in [0.3, 0.4) is 0 Å². The number of hydrogen-bond acceptors (Lipinski definition) is 5. The van der Waals surface area contributed by atoms with Crippen LogP contribution in [0.1, 0.15) is 258 Å². The summed E-state index contributed by atoms with van der Waals surface area (Å²) in [7, 11) is 0. The molecule has 0 heterocycles. The molecule has 6 heteroatoms. The lowest BCUT2D eigenvalue weighted by Gasteiger charge is -2.23. The van der Waals surface area contributed by atoms with E-state index in [1.165, 1.54) is 154 Å². The lowest BCUT2D eigenvalue weighted by molar-refractivity contribution is -0.148. The number of rotatable bonds is 46. The summed E-state index contributed by atoms with van der Waals surface area (Å²) in [6.45, 7) is 6.42. The van der Waals surface area contributed by atoms with Crippen LogP contribution < -0.4 is 5.32 Å². The van der Waals surface area contributed by atoms with Crippen molar-refractivity contribution in [2.75, 3.05) is 6.61 Å². The van der Waals surface area contributed by atoms with Crippen molar-refractivity contribution in [1.29, 1.82) is 0 Å². The monoisotopic (exact) mass is 842 g/mol. The fourth-order valence-electron chi connectivity index (χ4n) is 7.66. The molecule has 3 unspecified atom stereocenters. The van der Waals surface area contributed by atoms with E-state index in [-0.39, 0.29) is 24.9 Å². The smallest absolute Gasteiger partial charge is 0.306 e. The third kappa shape index (κ3) is 42.5. The molecule has 0 saturated carbocycles. The molecule has 0 aromatic rings. The van der Waals surface area contributed by atoms with Gasteiger partial charge in [0.25, 0.3) is 0 Å². The normalized spacial score (nSPS) is 13.6. The van der Waals surface area contributed by atoms with Crippen molar-refractivity contribution in [2.24, 2.45) is 0 Å². The minimum atomic E-state index is -0.811. The Hall–Kier alpha value is -2.18. The summed E-state index contributed by atoms with van der Waals surface area (Å²) in [4.78, 5) is 26.0. The van der Waals surface area contributed by atoms with E-state index in [2.05, 4.69) is 62.5 Å². The van der Waals surface area contributed by atoms with Crippen molar-refractivity contribution in [2.45, 2.75) is 277 Å². The molecule has 0 radical (unpaired) electrons. The summed E-state index contributed by atoms with van der Waals surface area (Å²) >= 11 is 0. The van der Waals surface area contributed by atoms with Crippen LogP contribution in [-0.4, -0.2) is 46.9 Å². The molecule has 0 aromatic carbocycles. The van der Waals surface area contributed by atoms with Crippen LogP contribution in [0.2, 0.25) is 0 Å². The van der Waals surface area contributed by atoms with Gasteiger partial charge in [0.05, 0.1) is 25.2 Å². The molecule has 3 N–H and O–H groups in total. The molecule has 60 heavy (non-hydrogen) atoms. The molecular weight excluding hydrogens is 743 g/mol. The Bertz CT molecular complexity index is 1040. The molecule has 350 valence electrons. The Morgan fingerprint density at radius 2 is 0.883 bits per heavy atom. The first-order valence-electron chi connectivity index (χ1n) is 25.9. The van der Waals surface area contributed by atoms with Gasteiger partial charge in [-0.05, 0) is 70.3 Å². The van der Waals surface area contributed by atoms with Crippen LogP contribution >= 0.6 is 0 Å². The van der Waals surface area contributed by atoms with Gasteiger partial charge >= 0.3 is 5.97 Å². The van der Waals surface area contributed by atoms with Crippen molar-refractivity contribution in [3.8, 4) is 0 Å². The molecule has 0 aliphatic carbocycles. The summed E-state index contributed by atoms with van der Waals surface area (Å²) in [5.74, 6) is -0.607. The first-order chi connectivity index (χ1) is 29.5. The maximum Gasteiger partial charge on any atom is 0.306 e. The number of nitrogens with one attached hydrogen (secondary N) is 1. The van der Waals surface area contributed by atoms with Gasteiger partial charge in [0.15, 0.2) is 0 Å². The summed E-state index contributed by atoms with van der Waals surface area (Å²) in [6, 6.07) is -0.733. The van der Waals surface area contributed by atoms with E-state index < -0.39 is 18.2 Å². The predicted molar refractivity (Wildman–Crippen MR) is 259 cm³/mol. The first-order valence-corrected chi connectivity index (χ1v) is 25.9. The summed E-state index contributed by atoms with van der Waals surface area (Å²) < 4.78 is 5.82. The Kier molecular flexibility index (Phi) is 46.1. The topological polar surface area (TPSA) is 95.9 Å². The van der Waals surface area contributed by atoms with Crippen LogP contribution in [0.5, 0.6) is 0 Å². The third-order valence-electron chi connectivity index (χ3n) is 11.6. The van der Waals surface area contributed by atoms with E-state index in [1.807, 2.05) is 12.2 Å². The largest absolute Gasteiger partial charge is 0.458 e. The van der Waals surface area contributed by atoms with E-state index >= 15 is 0 Å². The first kappa shape index (κ1) is 57.8. The molecular formula is C54H99NO5. The number of allylic oxidation sites excluding steroid dienone is 7. The summed E-state index contributed by atoms with van der Waals surface area (Å²) in [5, 5.41) is 23.7. The zero-order valence-corrected chi connectivity index (χ0v) is 39.8. The molecule has 0 aliphatic heterocycles. The molecule has 1 amide bonds. The second-order valence-electron chi connectivity index (χ2n) is 17.6. The minimum absolute atomic E-state index is 0.0311. The Morgan fingerprint density at radius 3 is 1.35 bits per heavy atom. The molecule has 0 aliphatic rings. The van der Waals surface area contributed by atoms with Crippen molar-refractivity contribution < 1.29 is 24.5 Å². The predicted octanol–water partition coefficient (Wildman–Crippen LogP) is 15.5. The van der Waals surface area contributed by atoms with Crippen LogP contribution in [0.25, 0.3) is 0 Å². The van der Waals surface area contributed by atoms with Crippen molar-refractivity contribution in [3.63, 3.8) is 0 Å². The highest BCUT2D eigenvalue weighted by Gasteiger charge is 2.23. The standard InChI is InChI=1S/C54H99NO5/c1-4-7-10-13-16-19-22-24-25-26-27-29-32-35-38-41-44-47-54(59)60-50(45-42-39-36-33-30-21-18-15-12-9-6-3)48-53(58)55-51(49-56)52(57)46-43-40-37-34-31-28-23-20-17-14-11-8-5-2/h16,19,24-25,33,36,42,45,50-52,56-57H,4-15,17-18,20-23,26-32,34-35,37-41,43-44,46-49H2,1-3H3,(H,55,58)/b19-16-,25-24-,36-33-,45-42+. The quantitative estimate of drug-likeness (QED) is 0.0322. The molecule has 0 saturated heterocycles. The Morgan fingerprint density at radius 1 is 0.500 bits per heavy atom. The fraction of sp³-hybridized carbons (Fsp3) is 0.815. The van der Waals surface area contributed by atoms with Crippen LogP contribution in [-0.2, 0) is 14.3 Å². The molecule has 0 fully saturated rings. The zero-order valence-electron chi connectivity index (χ0n) is 39.8. The molecule has 0 spiro atoms. The summed E-state index contributed by atoms with van der Waals surface area (Å²) in [6.07, 6.45) is 57.7. The van der Waals surface area contributed by atoms with Gasteiger partial charge in [-0.1, -0.05) is 224 Å². The number of esters is 1. The summed E-state index contributed by atoms with van der Waals surface area (Å²) in [5.41, 5.74) is 0. The second-order valence-corrected chi connectivity index (χ2v) is 17.6. The SMILES string of the molecule is CCCCC/C=C\C/C=C\CCCCCCCCCC(=O)OC(/C=C/C/C=C\CCCCCCCC)CC(=O)NC(CO)C(O)CCCCCCCCCCCCCCC. The average Bonchev–Trinajstić information content (AvgIpc) is 3.24. The van der Waals surface area contributed by atoms with Crippen LogP contribution in [0.15, 0.2) is 48.6 Å². The van der Waals surface area contributed by atoms with Gasteiger partial charge in [0, 0.05) is 6.42 Å². The van der Waals surface area contributed by atoms with E-state index in [0.29, 0.717) is 12.8 Å². The molecule has 0 rings (SSSR count). The number of aliphatic hydroxyl groups is 2. The zero-order chi connectivity index (χ0) is 43.8. The average molecular weight is 842 g/mol. The molecule has 0 bridgehead atoms. The highest BCUT2D eigenvalue weighted by Crippen LogP contribution is 2.16. The lowest BCUT2D eigenvalue weighted by Crippen LogP contribution is -2.46. The van der Waals surface area contributed by atoms with Crippen LogP contribution in [0, 0.1) is 0 Å². The Labute approximate surface area is 372 Å². The highest BCUT2D eigenvalue weighted by molar-refractivity contribution is 5.78. The van der Waals surface area contributed by atoms with Gasteiger partial charge < -0.3 is 20.3 Å². The van der Waals surface area contributed by atoms with Crippen molar-refractivity contribution in [1.82, 2.24) is 5.32 Å². The van der Waals surface area contributed by atoms with Gasteiger partial charge in [-0.15, -0.1) is 0 Å². The number of carbonyl (C=O) groups is 2.